The van der Waals surface area contributed by atoms with Crippen molar-refractivity contribution in [2.45, 2.75) is 244 Å². The van der Waals surface area contributed by atoms with E-state index in [1.165, 1.54) is 180 Å². The molecule has 6 nitrogen and oxygen atoms in total. The lowest BCUT2D eigenvalue weighted by Crippen LogP contribution is -2.27. The number of carbonyl (C=O) groups is 2. The van der Waals surface area contributed by atoms with Gasteiger partial charge in [0.2, 0.25) is 0 Å². The molecular weight excluding hydrogens is 671 g/mol. The standard InChI is InChI=1S/C48H91NO5/c50-42-32-31-41-49(39-29-21-23-33-43-53-47(51)45-35-25-17-13-9-5-1-2-6-10-14-18-26-36-45)40-30-22-24-34-44-54-48(52)46-37-27-19-15-11-7-3-4-8-12-16-20-28-38-46/h45-46,50H,1-44H2. The molecule has 54 heavy (non-hydrogen) atoms. The van der Waals surface area contributed by atoms with Crippen LogP contribution in [0.15, 0.2) is 0 Å². The first kappa shape index (κ1) is 49.0. The van der Waals surface area contributed by atoms with Crippen molar-refractivity contribution < 1.29 is 24.2 Å². The number of nitrogens with zero attached hydrogens (tertiary/aromatic N) is 1. The van der Waals surface area contributed by atoms with Crippen LogP contribution in [-0.4, -0.2) is 61.4 Å². The average Bonchev–Trinajstić information content (AvgIpc) is 3.19. The van der Waals surface area contributed by atoms with Gasteiger partial charge in [-0.25, -0.2) is 0 Å². The summed E-state index contributed by atoms with van der Waals surface area (Å²) in [6, 6.07) is 0. The molecule has 0 aliphatic heterocycles. The molecule has 0 unspecified atom stereocenters. The van der Waals surface area contributed by atoms with Crippen molar-refractivity contribution >= 4 is 11.9 Å². The molecule has 2 aliphatic rings. The highest BCUT2D eigenvalue weighted by atomic mass is 16.5. The van der Waals surface area contributed by atoms with E-state index in [0.717, 1.165) is 83.8 Å². The first-order valence-corrected chi connectivity index (χ1v) is 24.4. The summed E-state index contributed by atoms with van der Waals surface area (Å²) < 4.78 is 11.7. The van der Waals surface area contributed by atoms with Gasteiger partial charge in [0.15, 0.2) is 0 Å². The van der Waals surface area contributed by atoms with Crippen molar-refractivity contribution in [3.63, 3.8) is 0 Å². The molecular formula is C48H91NO5. The second-order valence-corrected chi connectivity index (χ2v) is 17.5. The highest BCUT2D eigenvalue weighted by molar-refractivity contribution is 5.72. The van der Waals surface area contributed by atoms with E-state index in [1.54, 1.807) is 0 Å². The number of unbranched alkanes of at least 4 members (excludes halogenated alkanes) is 7. The van der Waals surface area contributed by atoms with Crippen LogP contribution in [0, 0.1) is 11.8 Å². The fraction of sp³-hybridized carbons (Fsp3) is 0.958. The van der Waals surface area contributed by atoms with Gasteiger partial charge in [0.05, 0.1) is 25.0 Å². The number of rotatable bonds is 20. The maximum Gasteiger partial charge on any atom is 0.308 e. The molecule has 0 atom stereocenters. The number of aliphatic hydroxyl groups excluding tert-OH is 1. The predicted octanol–water partition coefficient (Wildman–Crippen LogP) is 13.5. The van der Waals surface area contributed by atoms with E-state index in [4.69, 9.17) is 9.47 Å². The molecule has 6 heteroatoms. The van der Waals surface area contributed by atoms with Crippen LogP contribution in [0.4, 0.5) is 0 Å². The zero-order chi connectivity index (χ0) is 38.4. The first-order chi connectivity index (χ1) is 26.7. The third-order valence-corrected chi connectivity index (χ3v) is 12.5. The van der Waals surface area contributed by atoms with E-state index in [0.29, 0.717) is 13.2 Å². The minimum atomic E-state index is 0.0693. The smallest absolute Gasteiger partial charge is 0.308 e. The van der Waals surface area contributed by atoms with E-state index >= 15 is 0 Å². The van der Waals surface area contributed by atoms with Gasteiger partial charge in [-0.05, 0) is 83.8 Å². The van der Waals surface area contributed by atoms with Gasteiger partial charge in [0.1, 0.15) is 0 Å². The Hall–Kier alpha value is -1.14. The zero-order valence-corrected chi connectivity index (χ0v) is 35.8. The fourth-order valence-electron chi connectivity index (χ4n) is 8.80. The topological polar surface area (TPSA) is 76.1 Å². The molecule has 318 valence electrons. The minimum absolute atomic E-state index is 0.0693. The highest BCUT2D eigenvalue weighted by Gasteiger charge is 2.20. The van der Waals surface area contributed by atoms with Crippen molar-refractivity contribution in [3.05, 3.63) is 0 Å². The zero-order valence-electron chi connectivity index (χ0n) is 35.8. The van der Waals surface area contributed by atoms with Gasteiger partial charge < -0.3 is 19.5 Å². The van der Waals surface area contributed by atoms with Crippen LogP contribution >= 0.6 is 0 Å². The Balaban J connectivity index is 1.57. The lowest BCUT2D eigenvalue weighted by atomic mass is 9.94. The molecule has 0 aromatic heterocycles. The molecule has 2 rings (SSSR count). The molecule has 1 N–H and O–H groups in total. The minimum Gasteiger partial charge on any atom is -0.465 e. The largest absolute Gasteiger partial charge is 0.465 e. The van der Waals surface area contributed by atoms with E-state index in [1.807, 2.05) is 0 Å². The fourth-order valence-corrected chi connectivity index (χ4v) is 8.80. The molecule has 0 amide bonds. The summed E-state index contributed by atoms with van der Waals surface area (Å²) in [6.07, 6.45) is 46.4. The number of carbonyl (C=O) groups excluding carboxylic acids is 2. The number of hydrogen-bond acceptors (Lipinski definition) is 6. The lowest BCUT2D eigenvalue weighted by molar-refractivity contribution is -0.150. The van der Waals surface area contributed by atoms with Gasteiger partial charge in [0.25, 0.3) is 0 Å². The van der Waals surface area contributed by atoms with Crippen molar-refractivity contribution in [2.75, 3.05) is 39.5 Å². The van der Waals surface area contributed by atoms with Crippen LogP contribution in [0.2, 0.25) is 0 Å². The molecule has 2 aliphatic carbocycles. The van der Waals surface area contributed by atoms with Crippen LogP contribution in [0.25, 0.3) is 0 Å². The summed E-state index contributed by atoms with van der Waals surface area (Å²) in [7, 11) is 0. The van der Waals surface area contributed by atoms with Gasteiger partial charge in [-0.2, -0.15) is 0 Å². The maximum atomic E-state index is 13.0. The highest BCUT2D eigenvalue weighted by Crippen LogP contribution is 2.24. The van der Waals surface area contributed by atoms with Crippen LogP contribution in [-0.2, 0) is 19.1 Å². The van der Waals surface area contributed by atoms with Crippen molar-refractivity contribution in [1.29, 1.82) is 0 Å². The Morgan fingerprint density at radius 1 is 0.370 bits per heavy atom. The van der Waals surface area contributed by atoms with Gasteiger partial charge in [-0.1, -0.05) is 180 Å². The van der Waals surface area contributed by atoms with Crippen LogP contribution in [0.5, 0.6) is 0 Å². The van der Waals surface area contributed by atoms with E-state index in [-0.39, 0.29) is 30.4 Å². The number of aliphatic hydroxyl groups is 1. The molecule has 0 saturated heterocycles. The third-order valence-electron chi connectivity index (χ3n) is 12.5. The van der Waals surface area contributed by atoms with Crippen molar-refractivity contribution in [2.24, 2.45) is 11.8 Å². The van der Waals surface area contributed by atoms with Gasteiger partial charge in [-0.3, -0.25) is 9.59 Å². The first-order valence-electron chi connectivity index (χ1n) is 24.4. The average molecular weight is 762 g/mol. The molecule has 2 fully saturated rings. The predicted molar refractivity (Wildman–Crippen MR) is 228 cm³/mol. The maximum absolute atomic E-state index is 13.0. The molecule has 0 radical (unpaired) electrons. The summed E-state index contributed by atoms with van der Waals surface area (Å²) in [5.41, 5.74) is 0. The normalized spacial score (nSPS) is 19.6. The quantitative estimate of drug-likeness (QED) is 0.0983. The van der Waals surface area contributed by atoms with E-state index in [9.17, 15) is 14.7 Å². The van der Waals surface area contributed by atoms with Gasteiger partial charge in [-0.15, -0.1) is 0 Å². The Labute approximate surface area is 335 Å². The Kier molecular flexibility index (Phi) is 34.0. The summed E-state index contributed by atoms with van der Waals surface area (Å²) in [4.78, 5) is 28.6. The molecule has 0 aromatic carbocycles. The summed E-state index contributed by atoms with van der Waals surface area (Å²) >= 11 is 0. The van der Waals surface area contributed by atoms with Crippen molar-refractivity contribution in [1.82, 2.24) is 4.90 Å². The van der Waals surface area contributed by atoms with Crippen LogP contribution in [0.1, 0.15) is 244 Å². The van der Waals surface area contributed by atoms with Crippen molar-refractivity contribution in [3.8, 4) is 0 Å². The van der Waals surface area contributed by atoms with Gasteiger partial charge >= 0.3 is 11.9 Å². The van der Waals surface area contributed by atoms with E-state index in [2.05, 4.69) is 4.90 Å². The second-order valence-electron chi connectivity index (χ2n) is 17.5. The lowest BCUT2D eigenvalue weighted by Gasteiger charge is -2.22. The molecule has 2 saturated carbocycles. The SMILES string of the molecule is O=C(OCCCCCCN(CCCCO)CCCCCCOC(=O)C1CCCCCCCCCCCCCC1)C1CCCCCCCCCCCCCC1. The summed E-state index contributed by atoms with van der Waals surface area (Å²) in [5.74, 6) is 0.354. The Morgan fingerprint density at radius 3 is 0.926 bits per heavy atom. The monoisotopic (exact) mass is 762 g/mol. The Morgan fingerprint density at radius 2 is 0.630 bits per heavy atom. The van der Waals surface area contributed by atoms with Crippen LogP contribution in [0.3, 0.4) is 0 Å². The number of esters is 2. The summed E-state index contributed by atoms with van der Waals surface area (Å²) in [6.45, 7) is 4.68. The molecule has 0 bridgehead atoms. The Bertz CT molecular complexity index is 742. The third kappa shape index (κ3) is 29.1. The molecule has 0 heterocycles. The van der Waals surface area contributed by atoms with Crippen LogP contribution < -0.4 is 0 Å². The molecule has 0 spiro atoms. The summed E-state index contributed by atoms with van der Waals surface area (Å²) in [5, 5.41) is 9.33. The molecule has 0 aromatic rings. The number of ether oxygens (including phenoxy) is 2. The second kappa shape index (κ2) is 37.4. The number of hydrogen-bond donors (Lipinski definition) is 1. The van der Waals surface area contributed by atoms with Gasteiger partial charge in [0, 0.05) is 6.61 Å². The van der Waals surface area contributed by atoms with E-state index < -0.39 is 0 Å².